The topological polar surface area (TPSA) is 96.3 Å². The van der Waals surface area contributed by atoms with Gasteiger partial charge in [-0.15, -0.1) is 0 Å². The maximum Gasteiger partial charge on any atom is 0.416 e. The second kappa shape index (κ2) is 10.6. The third-order valence-electron chi connectivity index (χ3n) is 5.74. The van der Waals surface area contributed by atoms with Crippen molar-refractivity contribution in [3.05, 3.63) is 134 Å². The summed E-state index contributed by atoms with van der Waals surface area (Å²) in [6.45, 7) is -0.291. The van der Waals surface area contributed by atoms with Gasteiger partial charge in [-0.05, 0) is 35.4 Å². The molecule has 0 saturated heterocycles. The standard InChI is InChI=1S/C27H22F3N3O4/c28-27(29,30)23-8-4-2-5-19(23)16-33-24(34)13-14-32(26(33)36)15-18-9-11-21(12-10-18)37-17-20-6-1-3-7-22(20)25(31)35/h1-14H,15-17H2,(H2,31,35). The van der Waals surface area contributed by atoms with Gasteiger partial charge in [-0.25, -0.2) is 4.79 Å². The van der Waals surface area contributed by atoms with Crippen LogP contribution < -0.4 is 21.7 Å². The second-order valence-corrected chi connectivity index (χ2v) is 8.26. The summed E-state index contributed by atoms with van der Waals surface area (Å²) in [5.74, 6) is -0.0349. The van der Waals surface area contributed by atoms with E-state index in [2.05, 4.69) is 0 Å². The molecular formula is C27H22F3N3O4. The van der Waals surface area contributed by atoms with E-state index < -0.39 is 35.4 Å². The lowest BCUT2D eigenvalue weighted by Gasteiger charge is -2.15. The van der Waals surface area contributed by atoms with E-state index in [9.17, 15) is 27.6 Å². The number of carbonyl (C=O) groups is 1. The molecule has 0 radical (unpaired) electrons. The minimum Gasteiger partial charge on any atom is -0.489 e. The first-order chi connectivity index (χ1) is 17.6. The van der Waals surface area contributed by atoms with Crippen LogP contribution >= 0.6 is 0 Å². The molecule has 190 valence electrons. The molecule has 1 amide bonds. The Balaban J connectivity index is 1.50. The molecule has 0 saturated carbocycles. The monoisotopic (exact) mass is 509 g/mol. The SMILES string of the molecule is NC(=O)c1ccccc1COc1ccc(Cn2ccc(=O)n(Cc3ccccc3C(F)(F)F)c2=O)cc1. The number of carbonyl (C=O) groups excluding carboxylic acids is 1. The minimum atomic E-state index is -4.61. The predicted octanol–water partition coefficient (Wildman–Crippen LogP) is 3.80. The van der Waals surface area contributed by atoms with Crippen LogP contribution in [0, 0.1) is 0 Å². The smallest absolute Gasteiger partial charge is 0.416 e. The second-order valence-electron chi connectivity index (χ2n) is 8.26. The quantitative estimate of drug-likeness (QED) is 0.391. The Bertz CT molecular complexity index is 1540. The van der Waals surface area contributed by atoms with Crippen molar-refractivity contribution in [1.82, 2.24) is 9.13 Å². The highest BCUT2D eigenvalue weighted by atomic mass is 19.4. The van der Waals surface area contributed by atoms with Crippen molar-refractivity contribution in [3.8, 4) is 5.75 Å². The first-order valence-electron chi connectivity index (χ1n) is 11.2. The van der Waals surface area contributed by atoms with Gasteiger partial charge in [0, 0.05) is 23.4 Å². The highest BCUT2D eigenvalue weighted by molar-refractivity contribution is 5.94. The van der Waals surface area contributed by atoms with Gasteiger partial charge in [-0.3, -0.25) is 18.7 Å². The van der Waals surface area contributed by atoms with Crippen LogP contribution in [0.25, 0.3) is 0 Å². The third-order valence-corrected chi connectivity index (χ3v) is 5.74. The molecule has 3 aromatic carbocycles. The number of nitrogens with two attached hydrogens (primary N) is 1. The Labute approximate surface area is 209 Å². The van der Waals surface area contributed by atoms with Gasteiger partial charge in [0.25, 0.3) is 5.56 Å². The van der Waals surface area contributed by atoms with Crippen LogP contribution in [0.5, 0.6) is 5.75 Å². The molecule has 0 atom stereocenters. The van der Waals surface area contributed by atoms with Crippen molar-refractivity contribution >= 4 is 5.91 Å². The Morgan fingerprint density at radius 1 is 0.838 bits per heavy atom. The fraction of sp³-hybridized carbons (Fsp3) is 0.148. The number of hydrogen-bond acceptors (Lipinski definition) is 4. The third kappa shape index (κ3) is 5.97. The lowest BCUT2D eigenvalue weighted by atomic mass is 10.1. The lowest BCUT2D eigenvalue weighted by molar-refractivity contribution is -0.138. The Morgan fingerprint density at radius 2 is 1.49 bits per heavy atom. The van der Waals surface area contributed by atoms with Crippen molar-refractivity contribution in [1.29, 1.82) is 0 Å². The van der Waals surface area contributed by atoms with Crippen LogP contribution in [0.3, 0.4) is 0 Å². The van der Waals surface area contributed by atoms with Gasteiger partial charge in [-0.2, -0.15) is 13.2 Å². The molecule has 0 bridgehead atoms. The number of halogens is 3. The summed E-state index contributed by atoms with van der Waals surface area (Å²) in [4.78, 5) is 36.8. The zero-order valence-electron chi connectivity index (χ0n) is 19.4. The summed E-state index contributed by atoms with van der Waals surface area (Å²) in [6.07, 6.45) is -3.30. The average molecular weight is 509 g/mol. The molecule has 10 heteroatoms. The molecule has 0 aliphatic rings. The summed E-state index contributed by atoms with van der Waals surface area (Å²) in [7, 11) is 0. The number of primary amides is 1. The van der Waals surface area contributed by atoms with Crippen LogP contribution in [0.4, 0.5) is 13.2 Å². The summed E-state index contributed by atoms with van der Waals surface area (Å²) >= 11 is 0. The van der Waals surface area contributed by atoms with Crippen molar-refractivity contribution in [3.63, 3.8) is 0 Å². The summed E-state index contributed by atoms with van der Waals surface area (Å²) in [6, 6.07) is 19.6. The zero-order chi connectivity index (χ0) is 26.6. The van der Waals surface area contributed by atoms with Gasteiger partial charge in [-0.1, -0.05) is 48.5 Å². The van der Waals surface area contributed by atoms with Crippen molar-refractivity contribution in [2.45, 2.75) is 25.9 Å². The average Bonchev–Trinajstić information content (AvgIpc) is 2.87. The fourth-order valence-electron chi connectivity index (χ4n) is 3.86. The van der Waals surface area contributed by atoms with Gasteiger partial charge < -0.3 is 10.5 Å². The molecule has 37 heavy (non-hydrogen) atoms. The summed E-state index contributed by atoms with van der Waals surface area (Å²) < 4.78 is 47.8. The Morgan fingerprint density at radius 3 is 2.16 bits per heavy atom. The van der Waals surface area contributed by atoms with Gasteiger partial charge in [0.05, 0.1) is 18.7 Å². The molecular weight excluding hydrogens is 487 g/mol. The summed E-state index contributed by atoms with van der Waals surface area (Å²) in [5, 5.41) is 0. The number of benzene rings is 3. The van der Waals surface area contributed by atoms with E-state index in [1.807, 2.05) is 0 Å². The number of nitrogens with zero attached hydrogens (tertiary/aromatic N) is 2. The minimum absolute atomic E-state index is 0.0881. The molecule has 0 fully saturated rings. The maximum atomic E-state index is 13.4. The number of aromatic nitrogens is 2. The normalized spacial score (nSPS) is 11.3. The molecule has 0 aliphatic heterocycles. The molecule has 7 nitrogen and oxygen atoms in total. The van der Waals surface area contributed by atoms with Crippen LogP contribution in [-0.4, -0.2) is 15.0 Å². The van der Waals surface area contributed by atoms with Crippen LogP contribution in [0.15, 0.2) is 94.6 Å². The molecule has 0 unspecified atom stereocenters. The first-order valence-corrected chi connectivity index (χ1v) is 11.2. The predicted molar refractivity (Wildman–Crippen MR) is 130 cm³/mol. The molecule has 2 N–H and O–H groups in total. The molecule has 4 aromatic rings. The van der Waals surface area contributed by atoms with Gasteiger partial charge in [0.1, 0.15) is 12.4 Å². The van der Waals surface area contributed by atoms with Gasteiger partial charge in [0.15, 0.2) is 0 Å². The molecule has 0 aliphatic carbocycles. The molecule has 1 heterocycles. The molecule has 0 spiro atoms. The zero-order valence-corrected chi connectivity index (χ0v) is 19.4. The highest BCUT2D eigenvalue weighted by Gasteiger charge is 2.33. The van der Waals surface area contributed by atoms with Gasteiger partial charge >= 0.3 is 11.9 Å². The Kier molecular flexibility index (Phi) is 7.28. The van der Waals surface area contributed by atoms with E-state index in [0.29, 0.717) is 22.4 Å². The van der Waals surface area contributed by atoms with E-state index in [0.717, 1.165) is 16.7 Å². The largest absolute Gasteiger partial charge is 0.489 e. The fourth-order valence-corrected chi connectivity index (χ4v) is 3.86. The van der Waals surface area contributed by atoms with Crippen molar-refractivity contribution < 1.29 is 22.7 Å². The van der Waals surface area contributed by atoms with E-state index in [1.54, 1.807) is 48.5 Å². The van der Waals surface area contributed by atoms with E-state index in [4.69, 9.17) is 10.5 Å². The maximum absolute atomic E-state index is 13.4. The number of hydrogen-bond donors (Lipinski definition) is 1. The highest BCUT2D eigenvalue weighted by Crippen LogP contribution is 2.31. The lowest BCUT2D eigenvalue weighted by Crippen LogP contribution is -2.39. The summed E-state index contributed by atoms with van der Waals surface area (Å²) in [5.41, 5.74) is 4.60. The first kappa shape index (κ1) is 25.5. The van der Waals surface area contributed by atoms with E-state index in [1.165, 1.54) is 29.0 Å². The van der Waals surface area contributed by atoms with E-state index >= 15 is 0 Å². The molecule has 1 aromatic heterocycles. The van der Waals surface area contributed by atoms with Crippen molar-refractivity contribution in [2.75, 3.05) is 0 Å². The van der Waals surface area contributed by atoms with Crippen molar-refractivity contribution in [2.24, 2.45) is 5.73 Å². The van der Waals surface area contributed by atoms with E-state index in [-0.39, 0.29) is 18.7 Å². The molecule has 4 rings (SSSR count). The van der Waals surface area contributed by atoms with Crippen LogP contribution in [-0.2, 0) is 25.9 Å². The number of alkyl halides is 3. The van der Waals surface area contributed by atoms with Gasteiger partial charge in [0.2, 0.25) is 5.91 Å². The number of amides is 1. The van der Waals surface area contributed by atoms with Crippen LogP contribution in [0.1, 0.15) is 32.6 Å². The van der Waals surface area contributed by atoms with Crippen LogP contribution in [0.2, 0.25) is 0 Å². The number of rotatable bonds is 8. The Hall–Kier alpha value is -4.60. The number of ether oxygens (including phenoxy) is 1.